The van der Waals surface area contributed by atoms with Gasteiger partial charge < -0.3 is 14.7 Å². The number of hydrogen-bond donors (Lipinski definition) is 1. The van der Waals surface area contributed by atoms with Crippen molar-refractivity contribution in [2.45, 2.75) is 64.6 Å². The molecule has 32 heavy (non-hydrogen) atoms. The molecule has 4 heterocycles. The van der Waals surface area contributed by atoms with Crippen molar-refractivity contribution in [2.75, 3.05) is 39.5 Å². The topological polar surface area (TPSA) is 83.7 Å². The van der Waals surface area contributed by atoms with Gasteiger partial charge in [-0.3, -0.25) is 9.69 Å². The van der Waals surface area contributed by atoms with Crippen LogP contribution in [0.4, 0.5) is 0 Å². The number of carbonyl (C=O) groups is 1. The SMILES string of the molecule is CCc1cc(C2CCN(Cc3cn(CC(=O)N4CCOCC4)nn3)[C@@H](C)C2)c(CCO)s1. The first-order valence-corrected chi connectivity index (χ1v) is 12.6. The highest BCUT2D eigenvalue weighted by Gasteiger charge is 2.29. The Morgan fingerprint density at radius 1 is 1.31 bits per heavy atom. The molecule has 2 aliphatic heterocycles. The van der Waals surface area contributed by atoms with E-state index in [4.69, 9.17) is 4.74 Å². The minimum Gasteiger partial charge on any atom is -0.396 e. The Labute approximate surface area is 194 Å². The molecule has 0 aliphatic carbocycles. The Hall–Kier alpha value is -1.81. The van der Waals surface area contributed by atoms with Gasteiger partial charge in [-0.1, -0.05) is 12.1 Å². The lowest BCUT2D eigenvalue weighted by Crippen LogP contribution is -2.42. The van der Waals surface area contributed by atoms with Crippen LogP contribution in [0.25, 0.3) is 0 Å². The first-order valence-electron chi connectivity index (χ1n) is 11.8. The number of nitrogens with zero attached hydrogens (tertiary/aromatic N) is 5. The molecule has 2 aromatic heterocycles. The summed E-state index contributed by atoms with van der Waals surface area (Å²) in [6, 6.07) is 2.82. The van der Waals surface area contributed by atoms with E-state index >= 15 is 0 Å². The number of amides is 1. The first kappa shape index (κ1) is 23.4. The number of aliphatic hydroxyl groups excluding tert-OH is 1. The van der Waals surface area contributed by atoms with Gasteiger partial charge in [0.1, 0.15) is 6.54 Å². The van der Waals surface area contributed by atoms with Crippen LogP contribution in [0.3, 0.4) is 0 Å². The van der Waals surface area contributed by atoms with Crippen LogP contribution in [0.1, 0.15) is 53.6 Å². The highest BCUT2D eigenvalue weighted by molar-refractivity contribution is 7.12. The molecule has 1 amide bonds. The molecule has 2 aromatic rings. The second-order valence-corrected chi connectivity index (χ2v) is 10.1. The maximum atomic E-state index is 12.4. The van der Waals surface area contributed by atoms with Crippen molar-refractivity contribution in [3.63, 3.8) is 0 Å². The van der Waals surface area contributed by atoms with Crippen LogP contribution in [0.15, 0.2) is 12.3 Å². The average molecular weight is 462 g/mol. The number of hydrogen-bond acceptors (Lipinski definition) is 7. The fraction of sp³-hybridized carbons (Fsp3) is 0.696. The third kappa shape index (κ3) is 5.57. The Balaban J connectivity index is 1.32. The van der Waals surface area contributed by atoms with Gasteiger partial charge in [-0.2, -0.15) is 0 Å². The number of thiophene rings is 1. The van der Waals surface area contributed by atoms with Crippen LogP contribution >= 0.6 is 11.3 Å². The highest BCUT2D eigenvalue weighted by atomic mass is 32.1. The van der Waals surface area contributed by atoms with Gasteiger partial charge in [0.2, 0.25) is 5.91 Å². The van der Waals surface area contributed by atoms with Crippen molar-refractivity contribution in [3.8, 4) is 0 Å². The van der Waals surface area contributed by atoms with E-state index in [1.807, 2.05) is 22.4 Å². The number of carbonyl (C=O) groups excluding carboxylic acids is 1. The van der Waals surface area contributed by atoms with Gasteiger partial charge in [-0.05, 0) is 50.3 Å². The van der Waals surface area contributed by atoms with E-state index < -0.39 is 0 Å². The predicted molar refractivity (Wildman–Crippen MR) is 124 cm³/mol. The van der Waals surface area contributed by atoms with Crippen LogP contribution in [0.5, 0.6) is 0 Å². The third-order valence-corrected chi connectivity index (χ3v) is 8.00. The van der Waals surface area contributed by atoms with Crippen molar-refractivity contribution in [1.82, 2.24) is 24.8 Å². The van der Waals surface area contributed by atoms with Gasteiger partial charge >= 0.3 is 0 Å². The number of piperidine rings is 1. The van der Waals surface area contributed by atoms with E-state index in [1.54, 1.807) is 4.68 Å². The number of aliphatic hydroxyl groups is 1. The van der Waals surface area contributed by atoms with Gasteiger partial charge in [0, 0.05) is 48.5 Å². The number of aromatic nitrogens is 3. The molecule has 9 heteroatoms. The van der Waals surface area contributed by atoms with E-state index in [-0.39, 0.29) is 19.1 Å². The zero-order valence-electron chi connectivity index (χ0n) is 19.2. The molecular weight excluding hydrogens is 426 g/mol. The van der Waals surface area contributed by atoms with Crippen molar-refractivity contribution in [3.05, 3.63) is 33.3 Å². The summed E-state index contributed by atoms with van der Waals surface area (Å²) >= 11 is 1.87. The smallest absolute Gasteiger partial charge is 0.244 e. The van der Waals surface area contributed by atoms with Crippen molar-refractivity contribution >= 4 is 17.2 Å². The lowest BCUT2D eigenvalue weighted by molar-refractivity contribution is -0.136. The molecule has 4 rings (SSSR count). The van der Waals surface area contributed by atoms with Crippen molar-refractivity contribution in [1.29, 1.82) is 0 Å². The first-order chi connectivity index (χ1) is 15.6. The minimum atomic E-state index is 0.0693. The van der Waals surface area contributed by atoms with Crippen LogP contribution < -0.4 is 0 Å². The fourth-order valence-electron chi connectivity index (χ4n) is 4.80. The van der Waals surface area contributed by atoms with Gasteiger partial charge in [-0.15, -0.1) is 16.4 Å². The normalized spacial score (nSPS) is 22.4. The number of ether oxygens (including phenoxy) is 1. The molecule has 0 spiro atoms. The summed E-state index contributed by atoms with van der Waals surface area (Å²) in [6.45, 7) is 9.22. The van der Waals surface area contributed by atoms with Gasteiger partial charge in [0.05, 0.1) is 25.1 Å². The number of aryl methyl sites for hydroxylation is 1. The molecule has 0 saturated carbocycles. The summed E-state index contributed by atoms with van der Waals surface area (Å²) in [5.74, 6) is 0.626. The van der Waals surface area contributed by atoms with Crippen LogP contribution in [0, 0.1) is 0 Å². The molecule has 1 unspecified atom stereocenters. The van der Waals surface area contributed by atoms with E-state index in [2.05, 4.69) is 35.1 Å². The monoisotopic (exact) mass is 461 g/mol. The Bertz CT molecular complexity index is 892. The zero-order chi connectivity index (χ0) is 22.5. The Kier molecular flexibility index (Phi) is 7.93. The van der Waals surface area contributed by atoms with Gasteiger partial charge in [-0.25, -0.2) is 4.68 Å². The lowest BCUT2D eigenvalue weighted by atomic mass is 9.85. The van der Waals surface area contributed by atoms with Crippen LogP contribution in [-0.4, -0.2) is 81.3 Å². The van der Waals surface area contributed by atoms with Crippen molar-refractivity contribution in [2.24, 2.45) is 0 Å². The minimum absolute atomic E-state index is 0.0693. The number of likely N-dealkylation sites (tertiary alicyclic amines) is 1. The largest absolute Gasteiger partial charge is 0.396 e. The molecule has 2 atom stereocenters. The number of rotatable bonds is 8. The van der Waals surface area contributed by atoms with E-state index in [0.29, 0.717) is 38.3 Å². The summed E-state index contributed by atoms with van der Waals surface area (Å²) in [5.41, 5.74) is 2.37. The quantitative estimate of drug-likeness (QED) is 0.648. The molecule has 176 valence electrons. The Morgan fingerprint density at radius 2 is 2.12 bits per heavy atom. The highest BCUT2D eigenvalue weighted by Crippen LogP contribution is 2.38. The molecule has 0 radical (unpaired) electrons. The summed E-state index contributed by atoms with van der Waals surface area (Å²) in [7, 11) is 0. The van der Waals surface area contributed by atoms with Crippen molar-refractivity contribution < 1.29 is 14.6 Å². The van der Waals surface area contributed by atoms with E-state index in [1.165, 1.54) is 15.3 Å². The molecule has 2 saturated heterocycles. The predicted octanol–water partition coefficient (Wildman–Crippen LogP) is 2.06. The van der Waals surface area contributed by atoms with E-state index in [0.717, 1.165) is 44.5 Å². The zero-order valence-corrected chi connectivity index (χ0v) is 20.0. The lowest BCUT2D eigenvalue weighted by Gasteiger charge is -2.37. The van der Waals surface area contributed by atoms with Crippen LogP contribution in [0.2, 0.25) is 0 Å². The van der Waals surface area contributed by atoms with Gasteiger partial charge in [0.25, 0.3) is 0 Å². The maximum Gasteiger partial charge on any atom is 0.244 e. The number of morpholine rings is 1. The average Bonchev–Trinajstić information content (AvgIpc) is 3.42. The second-order valence-electron chi connectivity index (χ2n) is 8.86. The molecule has 1 N–H and O–H groups in total. The molecule has 2 aliphatic rings. The third-order valence-electron chi connectivity index (χ3n) is 6.65. The summed E-state index contributed by atoms with van der Waals surface area (Å²) in [6.07, 6.45) is 5.96. The summed E-state index contributed by atoms with van der Waals surface area (Å²) in [4.78, 5) is 19.5. The molecule has 8 nitrogen and oxygen atoms in total. The standard InChI is InChI=1S/C23H35N5O3S/c1-3-20-13-21(22(32-20)5-9-29)18-4-6-27(17(2)12-18)14-19-15-28(25-24-19)16-23(30)26-7-10-31-11-8-26/h13,15,17-18,29H,3-12,14,16H2,1-2H3/t17-,18?/m0/s1. The molecule has 2 fully saturated rings. The molecule has 0 aromatic carbocycles. The molecule has 0 bridgehead atoms. The van der Waals surface area contributed by atoms with Crippen LogP contribution in [-0.2, 0) is 35.5 Å². The fourth-order valence-corrected chi connectivity index (χ4v) is 5.99. The second kappa shape index (κ2) is 10.9. The van der Waals surface area contributed by atoms with E-state index in [9.17, 15) is 9.90 Å². The molecular formula is C23H35N5O3S. The maximum absolute atomic E-state index is 12.4. The van der Waals surface area contributed by atoms with Gasteiger partial charge in [0.15, 0.2) is 0 Å². The summed E-state index contributed by atoms with van der Waals surface area (Å²) in [5, 5.41) is 18.0. The Morgan fingerprint density at radius 3 is 2.84 bits per heavy atom. The summed E-state index contributed by atoms with van der Waals surface area (Å²) < 4.78 is 6.97.